The number of halogens is 1. The first-order chi connectivity index (χ1) is 8.34. The van der Waals surface area contributed by atoms with Gasteiger partial charge in [0.1, 0.15) is 6.04 Å². The molecule has 1 atom stereocenters. The van der Waals surface area contributed by atoms with Crippen LogP contribution in [-0.4, -0.2) is 18.6 Å². The summed E-state index contributed by atoms with van der Waals surface area (Å²) in [4.78, 5) is 12.0. The van der Waals surface area contributed by atoms with E-state index in [-0.39, 0.29) is 11.4 Å². The van der Waals surface area contributed by atoms with Gasteiger partial charge in [-0.1, -0.05) is 32.4 Å². The van der Waals surface area contributed by atoms with Crippen molar-refractivity contribution in [2.75, 3.05) is 11.9 Å². The molecular formula is C14H20ClNO2. The van der Waals surface area contributed by atoms with Crippen molar-refractivity contribution in [3.63, 3.8) is 0 Å². The van der Waals surface area contributed by atoms with Crippen molar-refractivity contribution in [3.8, 4) is 0 Å². The standard InChI is InChI=1S/C14H20ClNO2/c1-5-18-13(17)12(14(2,3)4)16-11-8-6-10(15)7-9-11/h6-9,12,16H,5H2,1-4H3. The molecule has 1 unspecified atom stereocenters. The van der Waals surface area contributed by atoms with Gasteiger partial charge in [0.2, 0.25) is 0 Å². The Morgan fingerprint density at radius 3 is 2.33 bits per heavy atom. The smallest absolute Gasteiger partial charge is 0.329 e. The molecule has 100 valence electrons. The van der Waals surface area contributed by atoms with Gasteiger partial charge < -0.3 is 10.1 Å². The van der Waals surface area contributed by atoms with Crippen LogP contribution in [0, 0.1) is 5.41 Å². The molecule has 1 rings (SSSR count). The van der Waals surface area contributed by atoms with E-state index in [4.69, 9.17) is 16.3 Å². The summed E-state index contributed by atoms with van der Waals surface area (Å²) in [5.74, 6) is -0.236. The van der Waals surface area contributed by atoms with Crippen LogP contribution in [0.4, 0.5) is 5.69 Å². The lowest BCUT2D eigenvalue weighted by Crippen LogP contribution is -2.42. The average molecular weight is 270 g/mol. The summed E-state index contributed by atoms with van der Waals surface area (Å²) >= 11 is 5.83. The van der Waals surface area contributed by atoms with Gasteiger partial charge in [0.05, 0.1) is 6.61 Å². The lowest BCUT2D eigenvalue weighted by Gasteiger charge is -2.30. The Morgan fingerprint density at radius 1 is 1.33 bits per heavy atom. The third-order valence-electron chi connectivity index (χ3n) is 2.54. The summed E-state index contributed by atoms with van der Waals surface area (Å²) < 4.78 is 5.10. The number of carbonyl (C=O) groups excluding carboxylic acids is 1. The molecule has 0 aliphatic heterocycles. The number of hydrogen-bond acceptors (Lipinski definition) is 3. The number of esters is 1. The van der Waals surface area contributed by atoms with E-state index in [1.807, 2.05) is 32.9 Å². The maximum atomic E-state index is 12.0. The molecule has 0 radical (unpaired) electrons. The van der Waals surface area contributed by atoms with E-state index in [9.17, 15) is 4.79 Å². The zero-order valence-corrected chi connectivity index (χ0v) is 12.0. The SMILES string of the molecule is CCOC(=O)C(Nc1ccc(Cl)cc1)C(C)(C)C. The average Bonchev–Trinajstić information content (AvgIpc) is 2.26. The Hall–Kier alpha value is -1.22. The molecule has 1 aromatic carbocycles. The molecule has 0 saturated heterocycles. The van der Waals surface area contributed by atoms with Gasteiger partial charge in [-0.05, 0) is 36.6 Å². The number of rotatable bonds is 4. The Bertz CT molecular complexity index is 395. The van der Waals surface area contributed by atoms with Gasteiger partial charge in [0.15, 0.2) is 0 Å². The second kappa shape index (κ2) is 6.10. The highest BCUT2D eigenvalue weighted by Crippen LogP contribution is 2.25. The molecule has 0 aromatic heterocycles. The van der Waals surface area contributed by atoms with E-state index in [0.29, 0.717) is 11.6 Å². The lowest BCUT2D eigenvalue weighted by atomic mass is 9.86. The Labute approximate surface area is 113 Å². The molecule has 0 bridgehead atoms. The van der Waals surface area contributed by atoms with Gasteiger partial charge in [-0.15, -0.1) is 0 Å². The number of benzene rings is 1. The number of carbonyl (C=O) groups is 1. The first-order valence-corrected chi connectivity index (χ1v) is 6.41. The molecule has 4 heteroatoms. The monoisotopic (exact) mass is 269 g/mol. The van der Waals surface area contributed by atoms with Crippen LogP contribution in [0.2, 0.25) is 5.02 Å². The van der Waals surface area contributed by atoms with Crippen LogP contribution in [0.15, 0.2) is 24.3 Å². The van der Waals surface area contributed by atoms with Crippen molar-refractivity contribution in [2.24, 2.45) is 5.41 Å². The van der Waals surface area contributed by atoms with E-state index in [1.54, 1.807) is 19.1 Å². The Kier molecular flexibility index (Phi) is 5.03. The van der Waals surface area contributed by atoms with Gasteiger partial charge >= 0.3 is 5.97 Å². The highest BCUT2D eigenvalue weighted by atomic mass is 35.5. The first kappa shape index (κ1) is 14.8. The second-order valence-electron chi connectivity index (χ2n) is 5.20. The van der Waals surface area contributed by atoms with Crippen molar-refractivity contribution in [1.82, 2.24) is 0 Å². The van der Waals surface area contributed by atoms with Crippen LogP contribution in [0.1, 0.15) is 27.7 Å². The minimum absolute atomic E-state index is 0.230. The maximum absolute atomic E-state index is 12.0. The van der Waals surface area contributed by atoms with Crippen molar-refractivity contribution in [1.29, 1.82) is 0 Å². The predicted molar refractivity (Wildman–Crippen MR) is 75.0 cm³/mol. The quantitative estimate of drug-likeness (QED) is 0.847. The zero-order valence-electron chi connectivity index (χ0n) is 11.3. The van der Waals surface area contributed by atoms with E-state index >= 15 is 0 Å². The van der Waals surface area contributed by atoms with E-state index in [1.165, 1.54) is 0 Å². The molecule has 3 nitrogen and oxygen atoms in total. The summed E-state index contributed by atoms with van der Waals surface area (Å²) in [6.45, 7) is 8.18. The Balaban J connectivity index is 2.85. The summed E-state index contributed by atoms with van der Waals surface area (Å²) in [5, 5.41) is 3.87. The van der Waals surface area contributed by atoms with Crippen molar-refractivity contribution >= 4 is 23.3 Å². The fourth-order valence-electron chi connectivity index (χ4n) is 1.57. The molecular weight excluding hydrogens is 250 g/mol. The summed E-state index contributed by atoms with van der Waals surface area (Å²) in [6, 6.07) is 6.88. The zero-order chi connectivity index (χ0) is 13.8. The molecule has 1 N–H and O–H groups in total. The fraction of sp³-hybridized carbons (Fsp3) is 0.500. The molecule has 0 fully saturated rings. The van der Waals surface area contributed by atoms with Gasteiger partial charge in [0.25, 0.3) is 0 Å². The number of nitrogens with one attached hydrogen (secondary N) is 1. The van der Waals surface area contributed by atoms with Gasteiger partial charge in [-0.2, -0.15) is 0 Å². The van der Waals surface area contributed by atoms with Crippen molar-refractivity contribution in [2.45, 2.75) is 33.7 Å². The highest BCUT2D eigenvalue weighted by molar-refractivity contribution is 6.30. The normalized spacial score (nSPS) is 12.9. The van der Waals surface area contributed by atoms with Crippen molar-refractivity contribution < 1.29 is 9.53 Å². The first-order valence-electron chi connectivity index (χ1n) is 6.03. The lowest BCUT2D eigenvalue weighted by molar-refractivity contribution is -0.146. The fourth-order valence-corrected chi connectivity index (χ4v) is 1.69. The third kappa shape index (κ3) is 4.22. The van der Waals surface area contributed by atoms with Crippen LogP contribution >= 0.6 is 11.6 Å². The highest BCUT2D eigenvalue weighted by Gasteiger charge is 2.32. The van der Waals surface area contributed by atoms with Gasteiger partial charge in [0, 0.05) is 10.7 Å². The van der Waals surface area contributed by atoms with E-state index < -0.39 is 6.04 Å². The van der Waals surface area contributed by atoms with Gasteiger partial charge in [-0.25, -0.2) is 4.79 Å². The molecule has 0 aliphatic rings. The molecule has 0 aliphatic carbocycles. The Morgan fingerprint density at radius 2 is 1.89 bits per heavy atom. The largest absolute Gasteiger partial charge is 0.464 e. The second-order valence-corrected chi connectivity index (χ2v) is 5.64. The molecule has 0 heterocycles. The number of anilines is 1. The van der Waals surface area contributed by atoms with Crippen molar-refractivity contribution in [3.05, 3.63) is 29.3 Å². The van der Waals surface area contributed by atoms with Gasteiger partial charge in [-0.3, -0.25) is 0 Å². The molecule has 0 saturated carbocycles. The predicted octanol–water partition coefficient (Wildman–Crippen LogP) is 3.73. The van der Waals surface area contributed by atoms with Crippen LogP contribution in [0.25, 0.3) is 0 Å². The summed E-state index contributed by atoms with van der Waals surface area (Å²) in [7, 11) is 0. The minimum atomic E-state index is -0.390. The molecule has 1 aromatic rings. The molecule has 18 heavy (non-hydrogen) atoms. The minimum Gasteiger partial charge on any atom is -0.464 e. The molecule has 0 spiro atoms. The van der Waals surface area contributed by atoms with Crippen LogP contribution in [-0.2, 0) is 9.53 Å². The van der Waals surface area contributed by atoms with Crippen LogP contribution < -0.4 is 5.32 Å². The number of hydrogen-bond donors (Lipinski definition) is 1. The topological polar surface area (TPSA) is 38.3 Å². The maximum Gasteiger partial charge on any atom is 0.329 e. The number of ether oxygens (including phenoxy) is 1. The third-order valence-corrected chi connectivity index (χ3v) is 2.80. The summed E-state index contributed by atoms with van der Waals surface area (Å²) in [6.07, 6.45) is 0. The van der Waals surface area contributed by atoms with E-state index in [0.717, 1.165) is 5.69 Å². The van der Waals surface area contributed by atoms with E-state index in [2.05, 4.69) is 5.32 Å². The van der Waals surface area contributed by atoms with Crippen LogP contribution in [0.3, 0.4) is 0 Å². The molecule has 0 amide bonds. The summed E-state index contributed by atoms with van der Waals surface area (Å²) in [5.41, 5.74) is 0.624. The van der Waals surface area contributed by atoms with Crippen LogP contribution in [0.5, 0.6) is 0 Å².